The van der Waals surface area contributed by atoms with Crippen LogP contribution in [0.25, 0.3) is 0 Å². The van der Waals surface area contributed by atoms with Crippen molar-refractivity contribution in [1.82, 2.24) is 4.90 Å². The van der Waals surface area contributed by atoms with Crippen LogP contribution in [0.3, 0.4) is 0 Å². The van der Waals surface area contributed by atoms with Crippen LogP contribution in [0.1, 0.15) is 31.1 Å². The van der Waals surface area contributed by atoms with Crippen molar-refractivity contribution in [3.63, 3.8) is 0 Å². The molecule has 1 rings (SSSR count). The Bertz CT molecular complexity index is 449. The van der Waals surface area contributed by atoms with E-state index in [0.717, 1.165) is 0 Å². The number of amides is 1. The molecule has 106 valence electrons. The van der Waals surface area contributed by atoms with Crippen LogP contribution in [-0.2, 0) is 4.79 Å². The van der Waals surface area contributed by atoms with Crippen molar-refractivity contribution in [1.29, 1.82) is 0 Å². The quantitative estimate of drug-likeness (QED) is 0.818. The lowest BCUT2D eigenvalue weighted by molar-refractivity contribution is -0.119. The number of carbonyl (C=O) groups excluding carboxylic acids is 1. The molecule has 0 aliphatic rings. The first-order valence-corrected chi connectivity index (χ1v) is 6.27. The van der Waals surface area contributed by atoms with Gasteiger partial charge in [0.25, 0.3) is 0 Å². The summed E-state index contributed by atoms with van der Waals surface area (Å²) in [6.07, 6.45) is -0.776. The van der Waals surface area contributed by atoms with E-state index < -0.39 is 12.0 Å². The summed E-state index contributed by atoms with van der Waals surface area (Å²) in [7, 11) is 0. The molecule has 0 saturated heterocycles. The number of nitrogens with two attached hydrogens (primary N) is 1. The van der Waals surface area contributed by atoms with E-state index in [2.05, 4.69) is 0 Å². The fraction of sp³-hybridized carbons (Fsp3) is 0.500. The second-order valence-corrected chi connectivity index (χ2v) is 5.01. The van der Waals surface area contributed by atoms with Gasteiger partial charge in [-0.15, -0.1) is 0 Å². The number of aryl methyl sites for hydroxylation is 1. The molecule has 1 amide bonds. The zero-order valence-corrected chi connectivity index (χ0v) is 11.6. The minimum Gasteiger partial charge on any atom is -0.387 e. The molecule has 0 aromatic heterocycles. The summed E-state index contributed by atoms with van der Waals surface area (Å²) in [5.74, 6) is -0.761. The summed E-state index contributed by atoms with van der Waals surface area (Å²) in [5, 5.41) is 10.2. The van der Waals surface area contributed by atoms with Gasteiger partial charge in [-0.25, -0.2) is 4.39 Å². The van der Waals surface area contributed by atoms with Crippen molar-refractivity contribution in [2.75, 3.05) is 13.1 Å². The molecule has 1 aromatic rings. The van der Waals surface area contributed by atoms with E-state index in [1.165, 1.54) is 12.1 Å². The fourth-order valence-corrected chi connectivity index (χ4v) is 1.99. The van der Waals surface area contributed by atoms with Crippen molar-refractivity contribution in [3.05, 3.63) is 35.1 Å². The molecule has 0 fully saturated rings. The van der Waals surface area contributed by atoms with Gasteiger partial charge >= 0.3 is 0 Å². The molecular formula is C14H21FN2O2. The maximum Gasteiger partial charge on any atom is 0.231 e. The van der Waals surface area contributed by atoms with E-state index in [0.29, 0.717) is 11.1 Å². The van der Waals surface area contributed by atoms with Gasteiger partial charge in [0.15, 0.2) is 0 Å². The van der Waals surface area contributed by atoms with Crippen LogP contribution in [0.2, 0.25) is 0 Å². The Kier molecular flexibility index (Phi) is 5.44. The SMILES string of the molecule is Cc1cc(F)ccc1C(O)CN(CC(N)=O)C(C)C. The van der Waals surface area contributed by atoms with Crippen molar-refractivity contribution < 1.29 is 14.3 Å². The maximum absolute atomic E-state index is 13.0. The molecule has 4 nitrogen and oxygen atoms in total. The van der Waals surface area contributed by atoms with Crippen LogP contribution in [0.15, 0.2) is 18.2 Å². The Balaban J connectivity index is 2.81. The zero-order chi connectivity index (χ0) is 14.6. The molecule has 1 atom stereocenters. The molecule has 0 bridgehead atoms. The molecule has 0 aliphatic carbocycles. The van der Waals surface area contributed by atoms with E-state index in [-0.39, 0.29) is 24.9 Å². The van der Waals surface area contributed by atoms with Crippen molar-refractivity contribution in [2.45, 2.75) is 32.9 Å². The highest BCUT2D eigenvalue weighted by molar-refractivity contribution is 5.75. The van der Waals surface area contributed by atoms with Gasteiger partial charge in [-0.2, -0.15) is 0 Å². The average molecular weight is 268 g/mol. The van der Waals surface area contributed by atoms with Gasteiger partial charge in [0.2, 0.25) is 5.91 Å². The van der Waals surface area contributed by atoms with Crippen LogP contribution in [-0.4, -0.2) is 35.0 Å². The highest BCUT2D eigenvalue weighted by Gasteiger charge is 2.19. The van der Waals surface area contributed by atoms with Crippen LogP contribution in [0, 0.1) is 12.7 Å². The fourth-order valence-electron chi connectivity index (χ4n) is 1.99. The Morgan fingerprint density at radius 1 is 1.47 bits per heavy atom. The summed E-state index contributed by atoms with van der Waals surface area (Å²) in [6, 6.07) is 4.35. The summed E-state index contributed by atoms with van der Waals surface area (Å²) >= 11 is 0. The van der Waals surface area contributed by atoms with Gasteiger partial charge in [0, 0.05) is 12.6 Å². The summed E-state index contributed by atoms with van der Waals surface area (Å²) < 4.78 is 13.0. The number of benzene rings is 1. The van der Waals surface area contributed by atoms with E-state index in [9.17, 15) is 14.3 Å². The Morgan fingerprint density at radius 2 is 2.11 bits per heavy atom. The largest absolute Gasteiger partial charge is 0.387 e. The van der Waals surface area contributed by atoms with Gasteiger partial charge in [-0.3, -0.25) is 9.69 Å². The second kappa shape index (κ2) is 6.63. The topological polar surface area (TPSA) is 66.6 Å². The number of nitrogens with zero attached hydrogens (tertiary/aromatic N) is 1. The molecule has 3 N–H and O–H groups in total. The summed E-state index contributed by atoms with van der Waals surface area (Å²) in [5.41, 5.74) is 6.54. The Morgan fingerprint density at radius 3 is 2.58 bits per heavy atom. The van der Waals surface area contributed by atoms with Crippen LogP contribution in [0.5, 0.6) is 0 Å². The van der Waals surface area contributed by atoms with E-state index in [1.807, 2.05) is 13.8 Å². The second-order valence-electron chi connectivity index (χ2n) is 5.01. The lowest BCUT2D eigenvalue weighted by Crippen LogP contribution is -2.41. The Labute approximate surface area is 113 Å². The third-order valence-electron chi connectivity index (χ3n) is 3.09. The van der Waals surface area contributed by atoms with Crippen LogP contribution in [0.4, 0.5) is 4.39 Å². The van der Waals surface area contributed by atoms with Gasteiger partial charge in [-0.05, 0) is 44.0 Å². The first kappa shape index (κ1) is 15.6. The van der Waals surface area contributed by atoms with Crippen molar-refractivity contribution >= 4 is 5.91 Å². The van der Waals surface area contributed by atoms with Crippen LogP contribution < -0.4 is 5.73 Å². The highest BCUT2D eigenvalue weighted by atomic mass is 19.1. The molecule has 19 heavy (non-hydrogen) atoms. The van der Waals surface area contributed by atoms with E-state index >= 15 is 0 Å². The minimum absolute atomic E-state index is 0.0860. The number of aliphatic hydroxyl groups excluding tert-OH is 1. The van der Waals surface area contributed by atoms with E-state index in [4.69, 9.17) is 5.73 Å². The number of primary amides is 1. The number of hydrogen-bond donors (Lipinski definition) is 2. The lowest BCUT2D eigenvalue weighted by Gasteiger charge is -2.28. The van der Waals surface area contributed by atoms with Gasteiger partial charge in [0.05, 0.1) is 12.6 Å². The lowest BCUT2D eigenvalue weighted by atomic mass is 10.0. The molecular weight excluding hydrogens is 247 g/mol. The molecule has 0 aliphatic heterocycles. The maximum atomic E-state index is 13.0. The third-order valence-corrected chi connectivity index (χ3v) is 3.09. The van der Waals surface area contributed by atoms with Crippen molar-refractivity contribution in [3.8, 4) is 0 Å². The monoisotopic (exact) mass is 268 g/mol. The average Bonchev–Trinajstić information content (AvgIpc) is 2.26. The van der Waals surface area contributed by atoms with Gasteiger partial charge in [0.1, 0.15) is 5.82 Å². The van der Waals surface area contributed by atoms with Crippen molar-refractivity contribution in [2.24, 2.45) is 5.73 Å². The van der Waals surface area contributed by atoms with Gasteiger partial charge in [-0.1, -0.05) is 6.07 Å². The molecule has 1 aromatic carbocycles. The minimum atomic E-state index is -0.776. The number of halogens is 1. The normalized spacial score (nSPS) is 13.0. The molecule has 5 heteroatoms. The first-order chi connectivity index (χ1) is 8.81. The molecule has 0 saturated carbocycles. The summed E-state index contributed by atoms with van der Waals surface area (Å²) in [6.45, 7) is 5.97. The Hall–Kier alpha value is -1.46. The standard InChI is InChI=1S/C14H21FN2O2/c1-9(2)17(8-14(16)19)7-13(18)12-5-4-11(15)6-10(12)3/h4-6,9,13,18H,7-8H2,1-3H3,(H2,16,19). The van der Waals surface area contributed by atoms with Crippen LogP contribution >= 0.6 is 0 Å². The number of aliphatic hydroxyl groups is 1. The highest BCUT2D eigenvalue weighted by Crippen LogP contribution is 2.20. The number of carbonyl (C=O) groups is 1. The molecule has 0 radical (unpaired) electrons. The number of hydrogen-bond acceptors (Lipinski definition) is 3. The predicted molar refractivity (Wildman–Crippen MR) is 72.0 cm³/mol. The zero-order valence-electron chi connectivity index (χ0n) is 11.6. The van der Waals surface area contributed by atoms with Gasteiger partial charge < -0.3 is 10.8 Å². The smallest absolute Gasteiger partial charge is 0.231 e. The summed E-state index contributed by atoms with van der Waals surface area (Å²) in [4.78, 5) is 12.8. The predicted octanol–water partition coefficient (Wildman–Crippen LogP) is 1.36. The number of rotatable bonds is 6. The van der Waals surface area contributed by atoms with E-state index in [1.54, 1.807) is 17.9 Å². The molecule has 0 spiro atoms. The molecule has 0 heterocycles. The molecule has 1 unspecified atom stereocenters. The first-order valence-electron chi connectivity index (χ1n) is 6.27. The third kappa shape index (κ3) is 4.61.